The zero-order valence-electron chi connectivity index (χ0n) is 9.98. The maximum absolute atomic E-state index is 5.93. The molecule has 16 heavy (non-hydrogen) atoms. The molecule has 0 bridgehead atoms. The first-order valence-electron chi connectivity index (χ1n) is 5.59. The Hall–Kier alpha value is -1.53. The molecule has 2 N–H and O–H groups in total. The zero-order valence-corrected chi connectivity index (χ0v) is 9.98. The largest absolute Gasteiger partial charge is 0.345 e. The van der Waals surface area contributed by atoms with Gasteiger partial charge in [0.25, 0.3) is 0 Å². The van der Waals surface area contributed by atoms with Crippen molar-refractivity contribution in [3.8, 4) is 12.3 Å². The summed E-state index contributed by atoms with van der Waals surface area (Å²) in [5.41, 5.74) is 6.97. The van der Waals surface area contributed by atoms with Crippen LogP contribution in [0.25, 0.3) is 0 Å². The van der Waals surface area contributed by atoms with E-state index in [0.717, 1.165) is 24.3 Å². The lowest BCUT2D eigenvalue weighted by atomic mass is 10.1. The molecule has 0 aromatic carbocycles. The van der Waals surface area contributed by atoms with E-state index in [4.69, 9.17) is 12.2 Å². The Labute approximate surface area is 97.7 Å². The molecule has 86 valence electrons. The van der Waals surface area contributed by atoms with Crippen molar-refractivity contribution in [2.75, 3.05) is 18.0 Å². The molecule has 0 radical (unpaired) electrons. The lowest BCUT2D eigenvalue weighted by molar-refractivity contribution is 0.764. The Balaban J connectivity index is 3.03. The van der Waals surface area contributed by atoms with Crippen LogP contribution in [0.1, 0.15) is 31.9 Å². The van der Waals surface area contributed by atoms with Crippen LogP contribution in [0.5, 0.6) is 0 Å². The number of aromatic nitrogens is 1. The highest BCUT2D eigenvalue weighted by Gasteiger charge is 2.13. The fourth-order valence-corrected chi connectivity index (χ4v) is 1.67. The summed E-state index contributed by atoms with van der Waals surface area (Å²) in [5, 5.41) is 0. The van der Waals surface area contributed by atoms with Crippen molar-refractivity contribution >= 4 is 5.82 Å². The van der Waals surface area contributed by atoms with E-state index in [0.29, 0.717) is 6.54 Å². The van der Waals surface area contributed by atoms with Crippen molar-refractivity contribution in [2.24, 2.45) is 5.73 Å². The summed E-state index contributed by atoms with van der Waals surface area (Å²) >= 11 is 0. The quantitative estimate of drug-likeness (QED) is 0.766. The minimum absolute atomic E-state index is 0.0270. The molecule has 0 unspecified atom stereocenters. The highest BCUT2D eigenvalue weighted by Crippen LogP contribution is 2.22. The van der Waals surface area contributed by atoms with Gasteiger partial charge < -0.3 is 10.6 Å². The number of rotatable bonds is 5. The maximum atomic E-state index is 5.93. The first-order valence-corrected chi connectivity index (χ1v) is 5.59. The van der Waals surface area contributed by atoms with Crippen molar-refractivity contribution in [2.45, 2.75) is 26.3 Å². The summed E-state index contributed by atoms with van der Waals surface area (Å²) in [5.74, 6) is 3.58. The topological polar surface area (TPSA) is 42.2 Å². The van der Waals surface area contributed by atoms with E-state index in [1.807, 2.05) is 19.1 Å². The number of anilines is 1. The fourth-order valence-electron chi connectivity index (χ4n) is 1.67. The van der Waals surface area contributed by atoms with Gasteiger partial charge in [0.2, 0.25) is 0 Å². The van der Waals surface area contributed by atoms with Gasteiger partial charge in [-0.05, 0) is 19.4 Å². The second-order valence-corrected chi connectivity index (χ2v) is 3.83. The molecular weight excluding hydrogens is 198 g/mol. The summed E-state index contributed by atoms with van der Waals surface area (Å²) in [4.78, 5) is 6.48. The van der Waals surface area contributed by atoms with Gasteiger partial charge in [-0.25, -0.2) is 4.98 Å². The predicted octanol–water partition coefficient (Wildman–Crippen LogP) is 1.95. The predicted molar refractivity (Wildman–Crippen MR) is 68.2 cm³/mol. The van der Waals surface area contributed by atoms with Crippen LogP contribution in [0, 0.1) is 12.3 Å². The summed E-state index contributed by atoms with van der Waals surface area (Å²) in [7, 11) is 0. The van der Waals surface area contributed by atoms with Crippen LogP contribution in [-0.4, -0.2) is 18.1 Å². The van der Waals surface area contributed by atoms with E-state index in [1.54, 1.807) is 6.20 Å². The molecular formula is C13H19N3. The third-order valence-electron chi connectivity index (χ3n) is 2.38. The van der Waals surface area contributed by atoms with Crippen molar-refractivity contribution in [3.05, 3.63) is 23.9 Å². The summed E-state index contributed by atoms with van der Waals surface area (Å²) < 4.78 is 0. The van der Waals surface area contributed by atoms with E-state index < -0.39 is 0 Å². The molecule has 1 heterocycles. The minimum atomic E-state index is -0.0270. The van der Waals surface area contributed by atoms with Crippen molar-refractivity contribution < 1.29 is 0 Å². The Morgan fingerprint density at radius 3 is 2.94 bits per heavy atom. The maximum Gasteiger partial charge on any atom is 0.134 e. The van der Waals surface area contributed by atoms with Gasteiger partial charge in [-0.2, -0.15) is 0 Å². The molecule has 3 heteroatoms. The van der Waals surface area contributed by atoms with Crippen LogP contribution in [0.3, 0.4) is 0 Å². The fraction of sp³-hybridized carbons (Fsp3) is 0.462. The summed E-state index contributed by atoms with van der Waals surface area (Å²) in [6.07, 6.45) is 8.19. The first-order chi connectivity index (χ1) is 7.70. The Kier molecular flexibility index (Phi) is 4.81. The van der Waals surface area contributed by atoms with Crippen molar-refractivity contribution in [1.29, 1.82) is 0 Å². The van der Waals surface area contributed by atoms with Crippen LogP contribution < -0.4 is 10.6 Å². The van der Waals surface area contributed by atoms with Crippen LogP contribution in [-0.2, 0) is 0 Å². The molecule has 0 saturated carbocycles. The first kappa shape index (κ1) is 12.5. The Morgan fingerprint density at radius 1 is 1.62 bits per heavy atom. The smallest absolute Gasteiger partial charge is 0.134 e. The number of hydrogen-bond donors (Lipinski definition) is 1. The Bertz CT molecular complexity index is 366. The molecule has 1 rings (SSSR count). The van der Waals surface area contributed by atoms with Gasteiger partial charge >= 0.3 is 0 Å². The van der Waals surface area contributed by atoms with Gasteiger partial charge in [0.05, 0.1) is 6.54 Å². The number of nitrogens with zero attached hydrogens (tertiary/aromatic N) is 2. The van der Waals surface area contributed by atoms with Gasteiger partial charge in [0, 0.05) is 24.3 Å². The molecule has 0 amide bonds. The zero-order chi connectivity index (χ0) is 12.0. The molecule has 0 aliphatic heterocycles. The molecule has 0 aliphatic carbocycles. The van der Waals surface area contributed by atoms with E-state index in [2.05, 4.69) is 22.7 Å². The number of hydrogen-bond acceptors (Lipinski definition) is 3. The molecule has 1 atom stereocenters. The van der Waals surface area contributed by atoms with Crippen LogP contribution in [0.2, 0.25) is 0 Å². The molecule has 0 saturated heterocycles. The highest BCUT2D eigenvalue weighted by molar-refractivity contribution is 5.49. The normalized spacial score (nSPS) is 11.9. The Morgan fingerprint density at radius 2 is 2.38 bits per heavy atom. The average molecular weight is 217 g/mol. The van der Waals surface area contributed by atoms with E-state index in [1.165, 1.54) is 0 Å². The van der Waals surface area contributed by atoms with Gasteiger partial charge in [0.1, 0.15) is 5.82 Å². The molecule has 0 spiro atoms. The van der Waals surface area contributed by atoms with E-state index >= 15 is 0 Å². The number of terminal acetylenes is 1. The third-order valence-corrected chi connectivity index (χ3v) is 2.38. The minimum Gasteiger partial charge on any atom is -0.345 e. The molecule has 1 aromatic heterocycles. The van der Waals surface area contributed by atoms with Gasteiger partial charge in [0.15, 0.2) is 0 Å². The van der Waals surface area contributed by atoms with Crippen molar-refractivity contribution in [1.82, 2.24) is 4.98 Å². The SMILES string of the molecule is C#CCN(CCC)c1ncccc1[C@@H](C)N. The van der Waals surface area contributed by atoms with Crippen LogP contribution in [0.4, 0.5) is 5.82 Å². The molecule has 1 aromatic rings. The van der Waals surface area contributed by atoms with Gasteiger partial charge in [-0.1, -0.05) is 18.9 Å². The lowest BCUT2D eigenvalue weighted by Crippen LogP contribution is -2.27. The van der Waals surface area contributed by atoms with Crippen LogP contribution in [0.15, 0.2) is 18.3 Å². The van der Waals surface area contributed by atoms with Gasteiger partial charge in [-0.3, -0.25) is 0 Å². The summed E-state index contributed by atoms with van der Waals surface area (Å²) in [6, 6.07) is 3.88. The highest BCUT2D eigenvalue weighted by atomic mass is 15.2. The average Bonchev–Trinajstić information content (AvgIpc) is 2.29. The summed E-state index contributed by atoms with van der Waals surface area (Å²) in [6.45, 7) is 5.56. The monoisotopic (exact) mass is 217 g/mol. The van der Waals surface area contributed by atoms with E-state index in [-0.39, 0.29) is 6.04 Å². The molecule has 0 fully saturated rings. The second kappa shape index (κ2) is 6.14. The number of nitrogens with two attached hydrogens (primary N) is 1. The van der Waals surface area contributed by atoms with Gasteiger partial charge in [-0.15, -0.1) is 6.42 Å². The standard InChI is InChI=1S/C13H19N3/c1-4-9-16(10-5-2)13-12(11(3)14)7-6-8-15-13/h1,6-8,11H,5,9-10,14H2,2-3H3/t11-/m1/s1. The third kappa shape index (κ3) is 2.98. The number of pyridine rings is 1. The molecule has 3 nitrogen and oxygen atoms in total. The van der Waals surface area contributed by atoms with Crippen molar-refractivity contribution in [3.63, 3.8) is 0 Å². The van der Waals surface area contributed by atoms with Crippen LogP contribution >= 0.6 is 0 Å². The molecule has 0 aliphatic rings. The van der Waals surface area contributed by atoms with E-state index in [9.17, 15) is 0 Å². The lowest BCUT2D eigenvalue weighted by Gasteiger charge is -2.24. The second-order valence-electron chi connectivity index (χ2n) is 3.83.